The molecule has 0 aliphatic heterocycles. The molecule has 0 rings (SSSR count). The molecule has 0 spiro atoms. The summed E-state index contributed by atoms with van der Waals surface area (Å²) in [6.45, 7) is -1.00. The van der Waals surface area contributed by atoms with Gasteiger partial charge in [0.15, 0.2) is 6.10 Å². The number of aliphatic hydroxyl groups is 3. The first-order valence-electron chi connectivity index (χ1n) is 4.07. The van der Waals surface area contributed by atoms with Gasteiger partial charge in [0, 0.05) is 6.42 Å². The Kier molecular flexibility index (Phi) is 15.2. The molecule has 0 fully saturated rings. The van der Waals surface area contributed by atoms with Crippen LogP contribution in [0.4, 0.5) is 0 Å². The van der Waals surface area contributed by atoms with E-state index in [2.05, 4.69) is 4.52 Å². The molecule has 0 radical (unpaired) electrons. The Hall–Kier alpha value is 1.46. The van der Waals surface area contributed by atoms with Crippen molar-refractivity contribution >= 4 is 13.8 Å². The van der Waals surface area contributed by atoms with Gasteiger partial charge in [-0.15, -0.1) is 0 Å². The first kappa shape index (κ1) is 24.5. The Morgan fingerprint density at radius 1 is 1.17 bits per heavy atom. The molecule has 0 aromatic carbocycles. The van der Waals surface area contributed by atoms with Crippen LogP contribution in [0, 0.1) is 0 Å². The van der Waals surface area contributed by atoms with Gasteiger partial charge < -0.3 is 39.3 Å². The molecule has 0 saturated carbocycles. The van der Waals surface area contributed by atoms with Crippen LogP contribution in [0.1, 0.15) is 6.42 Å². The number of carboxylic acids is 1. The minimum absolute atomic E-state index is 0. The molecule has 0 saturated heterocycles. The second-order valence-electron chi connectivity index (χ2n) is 2.97. The van der Waals surface area contributed by atoms with Gasteiger partial charge in [0.2, 0.25) is 0 Å². The van der Waals surface area contributed by atoms with Gasteiger partial charge in [-0.1, -0.05) is 0 Å². The number of carbonyl (C=O) groups is 1. The number of hydrogen-bond acceptors (Lipinski definition) is 8. The van der Waals surface area contributed by atoms with Gasteiger partial charge in [-0.2, -0.15) is 0 Å². The second-order valence-corrected chi connectivity index (χ2v) is 4.12. The van der Waals surface area contributed by atoms with Gasteiger partial charge in [0.1, 0.15) is 6.10 Å². The fourth-order valence-electron chi connectivity index (χ4n) is 0.765. The van der Waals surface area contributed by atoms with Gasteiger partial charge in [0.05, 0.1) is 20.5 Å². The van der Waals surface area contributed by atoms with Crippen LogP contribution in [-0.4, -0.2) is 51.3 Å². The summed E-state index contributed by atoms with van der Waals surface area (Å²) >= 11 is 0. The summed E-state index contributed by atoms with van der Waals surface area (Å²) < 4.78 is 13.7. The molecule has 0 amide bonds. The minimum Gasteiger partial charge on any atom is -0.790 e. The topological polar surface area (TPSA) is 170 Å². The number of phosphoric acid groups is 1. The summed E-state index contributed by atoms with van der Waals surface area (Å²) in [5, 5.41) is 35.2. The smallest absolute Gasteiger partial charge is 0.790 e. The average Bonchev–Trinajstić information content (AvgIpc) is 2.12. The van der Waals surface area contributed by atoms with Crippen LogP contribution in [0.2, 0.25) is 0 Å². The standard InChI is InChI=1S/C6H13O9P.2Na/c7-3(1-4(8)6(10)11)5(9)2-15-16(12,13)14;;/h3-5,7-9H,1-2H2,(H,10,11)(H2,12,13,14);;/q;2*+1/p-2/t3-,4-,5+;;/m0../s1. The van der Waals surface area contributed by atoms with E-state index in [1.54, 1.807) is 0 Å². The number of phosphoric ester groups is 1. The van der Waals surface area contributed by atoms with E-state index in [1.165, 1.54) is 0 Å². The summed E-state index contributed by atoms with van der Waals surface area (Å²) in [7, 11) is -5.26. The van der Waals surface area contributed by atoms with Gasteiger partial charge in [0.25, 0.3) is 0 Å². The zero-order valence-electron chi connectivity index (χ0n) is 9.92. The third-order valence-corrected chi connectivity index (χ3v) is 2.06. The van der Waals surface area contributed by atoms with Crippen molar-refractivity contribution in [3.05, 3.63) is 0 Å². The summed E-state index contributed by atoms with van der Waals surface area (Å²) in [6.07, 6.45) is -6.14. The van der Waals surface area contributed by atoms with E-state index in [9.17, 15) is 19.1 Å². The van der Waals surface area contributed by atoms with E-state index in [4.69, 9.17) is 20.4 Å². The quantitative estimate of drug-likeness (QED) is 0.263. The normalized spacial score (nSPS) is 15.8. The molecule has 0 heterocycles. The Bertz CT molecular complexity index is 282. The van der Waals surface area contributed by atoms with Crippen molar-refractivity contribution in [2.24, 2.45) is 0 Å². The fourth-order valence-corrected chi connectivity index (χ4v) is 1.10. The third kappa shape index (κ3) is 12.5. The second kappa shape index (κ2) is 11.2. The number of carboxylic acid groups (broad SMARTS) is 1. The van der Waals surface area contributed by atoms with Crippen LogP contribution in [0.5, 0.6) is 0 Å². The molecule has 3 atom stereocenters. The summed E-state index contributed by atoms with van der Waals surface area (Å²) in [6, 6.07) is 0. The maximum Gasteiger partial charge on any atom is 1.00 e. The molecule has 0 aromatic rings. The minimum atomic E-state index is -5.26. The van der Waals surface area contributed by atoms with E-state index < -0.39 is 45.1 Å². The summed E-state index contributed by atoms with van der Waals surface area (Å²) in [5.41, 5.74) is 0. The zero-order valence-corrected chi connectivity index (χ0v) is 14.8. The van der Waals surface area contributed by atoms with E-state index >= 15 is 0 Å². The number of rotatable bonds is 7. The SMILES string of the molecule is O=C(O)[C@@H](O)C[C@H](O)[C@H](O)COP(=O)([O-])[O-].[Na+].[Na+]. The van der Waals surface area contributed by atoms with Crippen molar-refractivity contribution in [1.82, 2.24) is 0 Å². The molecule has 0 aliphatic rings. The molecular formula is C6H11Na2O9P. The van der Waals surface area contributed by atoms with E-state index in [0.29, 0.717) is 0 Å². The number of aliphatic hydroxyl groups excluding tert-OH is 3. The van der Waals surface area contributed by atoms with Crippen molar-refractivity contribution in [1.29, 1.82) is 0 Å². The maximum absolute atomic E-state index is 10.2. The molecule has 96 valence electrons. The molecule has 18 heavy (non-hydrogen) atoms. The summed E-state index contributed by atoms with van der Waals surface area (Å²) in [4.78, 5) is 30.2. The van der Waals surface area contributed by atoms with Crippen LogP contribution in [0.15, 0.2) is 0 Å². The average molecular weight is 304 g/mol. The van der Waals surface area contributed by atoms with E-state index in [1.807, 2.05) is 0 Å². The molecule has 12 heteroatoms. The van der Waals surface area contributed by atoms with Crippen molar-refractivity contribution in [2.45, 2.75) is 24.7 Å². The Morgan fingerprint density at radius 3 is 1.94 bits per heavy atom. The summed E-state index contributed by atoms with van der Waals surface area (Å²) in [5.74, 6) is -1.61. The molecule has 0 unspecified atom stereocenters. The van der Waals surface area contributed by atoms with Gasteiger partial charge >= 0.3 is 65.1 Å². The van der Waals surface area contributed by atoms with Gasteiger partial charge in [-0.05, 0) is 0 Å². The molecule has 0 aromatic heterocycles. The Labute approximate surface area is 147 Å². The Morgan fingerprint density at radius 2 is 1.61 bits per heavy atom. The van der Waals surface area contributed by atoms with Crippen molar-refractivity contribution in [3.8, 4) is 0 Å². The number of aliphatic carboxylic acids is 1. The van der Waals surface area contributed by atoms with Crippen molar-refractivity contribution < 1.29 is 103 Å². The zero-order chi connectivity index (χ0) is 12.9. The third-order valence-electron chi connectivity index (χ3n) is 1.60. The largest absolute Gasteiger partial charge is 1.00 e. The molecular weight excluding hydrogens is 293 g/mol. The van der Waals surface area contributed by atoms with Crippen molar-refractivity contribution in [3.63, 3.8) is 0 Å². The van der Waals surface area contributed by atoms with Crippen LogP contribution in [-0.2, 0) is 13.9 Å². The van der Waals surface area contributed by atoms with Crippen LogP contribution < -0.4 is 68.9 Å². The molecule has 0 aliphatic carbocycles. The van der Waals surface area contributed by atoms with Crippen molar-refractivity contribution in [2.75, 3.05) is 6.61 Å². The van der Waals surface area contributed by atoms with Crippen LogP contribution in [0.25, 0.3) is 0 Å². The van der Waals surface area contributed by atoms with E-state index in [-0.39, 0.29) is 59.1 Å². The Balaban J connectivity index is -0.00000112. The maximum atomic E-state index is 10.2. The van der Waals surface area contributed by atoms with Gasteiger partial charge in [-0.3, -0.25) is 0 Å². The van der Waals surface area contributed by atoms with Gasteiger partial charge in [-0.25, -0.2) is 4.79 Å². The monoisotopic (exact) mass is 304 g/mol. The number of hydrogen-bond donors (Lipinski definition) is 4. The first-order valence-corrected chi connectivity index (χ1v) is 5.53. The first-order chi connectivity index (χ1) is 7.13. The van der Waals surface area contributed by atoms with E-state index in [0.717, 1.165) is 0 Å². The van der Waals surface area contributed by atoms with Crippen LogP contribution >= 0.6 is 7.82 Å². The molecule has 0 bridgehead atoms. The fraction of sp³-hybridized carbons (Fsp3) is 0.833. The molecule has 9 nitrogen and oxygen atoms in total. The predicted octanol–water partition coefficient (Wildman–Crippen LogP) is -9.60. The predicted molar refractivity (Wildman–Crippen MR) is 43.8 cm³/mol. The van der Waals surface area contributed by atoms with Crippen LogP contribution in [0.3, 0.4) is 0 Å². The molecule has 4 N–H and O–H groups in total.